The Kier molecular flexibility index (Phi) is 6.35. The number of ether oxygens (including phenoxy) is 1. The van der Waals surface area contributed by atoms with Gasteiger partial charge in [-0.05, 0) is 30.0 Å². The molecule has 0 amide bonds. The van der Waals surface area contributed by atoms with Crippen LogP contribution in [0.4, 0.5) is 0 Å². The number of hydrogen-bond acceptors (Lipinski definition) is 5. The summed E-state index contributed by atoms with van der Waals surface area (Å²) in [6, 6.07) is 17.0. The summed E-state index contributed by atoms with van der Waals surface area (Å²) in [7, 11) is 0. The van der Waals surface area contributed by atoms with Crippen molar-refractivity contribution < 1.29 is 9.84 Å². The first-order valence-corrected chi connectivity index (χ1v) is 9.93. The molecule has 0 aliphatic carbocycles. The second-order valence-electron chi connectivity index (χ2n) is 8.11. The van der Waals surface area contributed by atoms with Crippen molar-refractivity contribution in [1.82, 2.24) is 9.66 Å². The van der Waals surface area contributed by atoms with E-state index >= 15 is 0 Å². The second-order valence-corrected chi connectivity index (χ2v) is 8.11. The highest BCUT2D eigenvalue weighted by atomic mass is 16.5. The molecule has 3 aromatic rings. The molecule has 2 N–H and O–H groups in total. The van der Waals surface area contributed by atoms with Crippen LogP contribution in [0, 0.1) is 5.41 Å². The van der Waals surface area contributed by atoms with Crippen molar-refractivity contribution in [2.24, 2.45) is 5.41 Å². The molecular formula is C23H29N3O3. The van der Waals surface area contributed by atoms with Gasteiger partial charge in [0.1, 0.15) is 12.2 Å². The Morgan fingerprint density at radius 2 is 1.76 bits per heavy atom. The Balaban J connectivity index is 2.02. The third kappa shape index (κ3) is 4.66. The fourth-order valence-corrected chi connectivity index (χ4v) is 3.19. The number of hydrogen-bond donors (Lipinski definition) is 2. The summed E-state index contributed by atoms with van der Waals surface area (Å²) >= 11 is 0. The lowest BCUT2D eigenvalue weighted by Gasteiger charge is -2.28. The van der Waals surface area contributed by atoms with Crippen LogP contribution >= 0.6 is 0 Å². The van der Waals surface area contributed by atoms with Gasteiger partial charge in [0.25, 0.3) is 5.56 Å². The molecule has 154 valence electrons. The minimum atomic E-state index is -0.922. The summed E-state index contributed by atoms with van der Waals surface area (Å²) in [5, 5.41) is 11.4. The van der Waals surface area contributed by atoms with E-state index in [0.29, 0.717) is 29.9 Å². The number of aliphatic hydroxyl groups excluding tert-OH is 1. The van der Waals surface area contributed by atoms with E-state index in [4.69, 9.17) is 4.74 Å². The third-order valence-electron chi connectivity index (χ3n) is 4.84. The van der Waals surface area contributed by atoms with Crippen LogP contribution in [0.2, 0.25) is 0 Å². The molecule has 0 saturated carbocycles. The van der Waals surface area contributed by atoms with Gasteiger partial charge in [0.2, 0.25) is 0 Å². The lowest BCUT2D eigenvalue weighted by molar-refractivity contribution is 0.0498. The first kappa shape index (κ1) is 21.0. The van der Waals surface area contributed by atoms with Gasteiger partial charge >= 0.3 is 0 Å². The first-order valence-electron chi connectivity index (χ1n) is 9.93. The molecule has 6 nitrogen and oxygen atoms in total. The Hall–Kier alpha value is -2.70. The maximum absolute atomic E-state index is 13.2. The predicted octanol–water partition coefficient (Wildman–Crippen LogP) is 3.80. The van der Waals surface area contributed by atoms with Gasteiger partial charge in [-0.2, -0.15) is 0 Å². The molecule has 0 saturated heterocycles. The summed E-state index contributed by atoms with van der Waals surface area (Å²) in [6.07, 6.45) is -1.16. The van der Waals surface area contributed by atoms with E-state index in [1.165, 1.54) is 4.68 Å². The molecule has 2 unspecified atom stereocenters. The molecule has 1 heterocycles. The monoisotopic (exact) mass is 395 g/mol. The summed E-state index contributed by atoms with van der Waals surface area (Å²) in [4.78, 5) is 17.8. The van der Waals surface area contributed by atoms with Crippen LogP contribution in [0.3, 0.4) is 0 Å². The molecule has 0 fully saturated rings. The van der Waals surface area contributed by atoms with Gasteiger partial charge < -0.3 is 15.3 Å². The van der Waals surface area contributed by atoms with Gasteiger partial charge in [-0.25, -0.2) is 9.66 Å². The highest BCUT2D eigenvalue weighted by molar-refractivity contribution is 5.77. The Morgan fingerprint density at radius 3 is 2.41 bits per heavy atom. The molecule has 0 aliphatic rings. The zero-order valence-electron chi connectivity index (χ0n) is 17.4. The second kappa shape index (κ2) is 8.76. The van der Waals surface area contributed by atoms with Crippen LogP contribution in [0.25, 0.3) is 10.9 Å². The number of nitrogens with zero attached hydrogens (tertiary/aromatic N) is 2. The molecule has 0 bridgehead atoms. The van der Waals surface area contributed by atoms with Gasteiger partial charge in [0.15, 0.2) is 5.82 Å². The van der Waals surface area contributed by atoms with Crippen LogP contribution in [0.5, 0.6) is 0 Å². The minimum Gasteiger partial charge on any atom is -0.385 e. The molecule has 6 heteroatoms. The van der Waals surface area contributed by atoms with Gasteiger partial charge in [0, 0.05) is 6.61 Å². The van der Waals surface area contributed by atoms with Gasteiger partial charge in [0.05, 0.1) is 17.4 Å². The zero-order chi connectivity index (χ0) is 21.0. The molecule has 0 spiro atoms. The lowest BCUT2D eigenvalue weighted by Crippen LogP contribution is -2.38. The molecule has 29 heavy (non-hydrogen) atoms. The van der Waals surface area contributed by atoms with Crippen LogP contribution in [0.1, 0.15) is 51.3 Å². The summed E-state index contributed by atoms with van der Waals surface area (Å²) in [6.45, 7) is 8.59. The van der Waals surface area contributed by atoms with Crippen LogP contribution in [-0.2, 0) is 4.74 Å². The number of fused-ring (bicyclic) bond motifs is 1. The molecule has 0 aliphatic heterocycles. The highest BCUT2D eigenvalue weighted by Crippen LogP contribution is 2.31. The number of aromatic nitrogens is 2. The maximum Gasteiger partial charge on any atom is 0.280 e. The van der Waals surface area contributed by atoms with Crippen molar-refractivity contribution in [3.05, 3.63) is 76.3 Å². The molecular weight excluding hydrogens is 366 g/mol. The molecule has 2 atom stereocenters. The van der Waals surface area contributed by atoms with Crippen molar-refractivity contribution in [1.29, 1.82) is 0 Å². The average Bonchev–Trinajstić information content (AvgIpc) is 2.71. The third-order valence-corrected chi connectivity index (χ3v) is 4.84. The lowest BCUT2D eigenvalue weighted by atomic mass is 9.88. The Labute approximate surface area is 171 Å². The van der Waals surface area contributed by atoms with Crippen LogP contribution in [-0.4, -0.2) is 27.9 Å². The first-order chi connectivity index (χ1) is 13.8. The number of aliphatic hydroxyl groups is 1. The Morgan fingerprint density at radius 1 is 1.10 bits per heavy atom. The van der Waals surface area contributed by atoms with E-state index in [2.05, 4.69) is 10.4 Å². The van der Waals surface area contributed by atoms with Gasteiger partial charge in [-0.1, -0.05) is 63.2 Å². The number of benzene rings is 2. The summed E-state index contributed by atoms with van der Waals surface area (Å²) in [5.41, 5.74) is 4.03. The largest absolute Gasteiger partial charge is 0.385 e. The maximum atomic E-state index is 13.2. The Bertz CT molecular complexity index is 1010. The number of rotatable bonds is 7. The summed E-state index contributed by atoms with van der Waals surface area (Å²) < 4.78 is 7.25. The molecule has 1 aromatic heterocycles. The van der Waals surface area contributed by atoms with Crippen molar-refractivity contribution in [2.75, 3.05) is 18.6 Å². The van der Waals surface area contributed by atoms with Gasteiger partial charge in [-0.15, -0.1) is 0 Å². The topological polar surface area (TPSA) is 76.4 Å². The van der Waals surface area contributed by atoms with Gasteiger partial charge in [-0.3, -0.25) is 4.79 Å². The van der Waals surface area contributed by atoms with Crippen molar-refractivity contribution >= 4 is 10.9 Å². The molecule has 2 aromatic carbocycles. The van der Waals surface area contributed by atoms with Crippen molar-refractivity contribution in [3.8, 4) is 0 Å². The fraction of sp³-hybridized carbons (Fsp3) is 0.391. The van der Waals surface area contributed by atoms with E-state index < -0.39 is 11.5 Å². The van der Waals surface area contributed by atoms with E-state index in [-0.39, 0.29) is 11.7 Å². The smallest absolute Gasteiger partial charge is 0.280 e. The zero-order valence-corrected chi connectivity index (χ0v) is 17.4. The van der Waals surface area contributed by atoms with E-state index in [0.717, 1.165) is 5.56 Å². The average molecular weight is 396 g/mol. The van der Waals surface area contributed by atoms with Crippen LogP contribution in [0.15, 0.2) is 59.4 Å². The quantitative estimate of drug-likeness (QED) is 0.636. The highest BCUT2D eigenvalue weighted by Gasteiger charge is 2.29. The van der Waals surface area contributed by atoms with E-state index in [1.54, 1.807) is 12.1 Å². The van der Waals surface area contributed by atoms with Crippen LogP contribution < -0.4 is 11.0 Å². The minimum absolute atomic E-state index is 0.237. The van der Waals surface area contributed by atoms with E-state index in [1.807, 2.05) is 70.2 Å². The number of nitrogens with one attached hydrogen (secondary N) is 1. The van der Waals surface area contributed by atoms with Crippen molar-refractivity contribution in [3.63, 3.8) is 0 Å². The predicted molar refractivity (Wildman–Crippen MR) is 115 cm³/mol. The standard InChI is InChI=1S/C23H29N3O3/c1-5-29-19(16-11-7-6-8-12-16)15-24-26-21(20(27)23(2,3)4)25-18-14-10-9-13-17(18)22(26)28/h6-14,19-20,24,27H,5,15H2,1-4H3. The normalized spacial score (nSPS) is 14.0. The molecule has 0 radical (unpaired) electrons. The number of para-hydroxylation sites is 1. The SMILES string of the molecule is CCOC(CNn1c(C(O)C(C)(C)C)nc2ccccc2c1=O)c1ccccc1. The molecule has 3 rings (SSSR count). The summed E-state index contributed by atoms with van der Waals surface area (Å²) in [5.74, 6) is 0.296. The fourth-order valence-electron chi connectivity index (χ4n) is 3.19. The van der Waals surface area contributed by atoms with E-state index in [9.17, 15) is 9.90 Å². The van der Waals surface area contributed by atoms with Crippen molar-refractivity contribution in [2.45, 2.75) is 39.9 Å².